The highest BCUT2D eigenvalue weighted by atomic mass is 16.3. The number of hydrogen-bond acceptors (Lipinski definition) is 1. The van der Waals surface area contributed by atoms with Gasteiger partial charge in [-0.25, -0.2) is 0 Å². The van der Waals surface area contributed by atoms with E-state index in [4.69, 9.17) is 0 Å². The number of aliphatic hydroxyl groups excluding tert-OH is 1. The summed E-state index contributed by atoms with van der Waals surface area (Å²) >= 11 is 0. The van der Waals surface area contributed by atoms with Crippen molar-refractivity contribution < 1.29 is 5.11 Å². The van der Waals surface area contributed by atoms with Gasteiger partial charge in [0.1, 0.15) is 0 Å². The van der Waals surface area contributed by atoms with Gasteiger partial charge in [-0.05, 0) is 41.6 Å². The summed E-state index contributed by atoms with van der Waals surface area (Å²) in [7, 11) is 0. The van der Waals surface area contributed by atoms with Crippen LogP contribution in [0.25, 0.3) is 0 Å². The van der Waals surface area contributed by atoms with Gasteiger partial charge in [-0.1, -0.05) is 45.9 Å². The van der Waals surface area contributed by atoms with Gasteiger partial charge >= 0.3 is 0 Å². The zero-order chi connectivity index (χ0) is 12.0. The van der Waals surface area contributed by atoms with Crippen LogP contribution in [-0.4, -0.2) is 11.2 Å². The molecule has 0 aromatic carbocycles. The van der Waals surface area contributed by atoms with Crippen LogP contribution in [0.1, 0.15) is 46.5 Å². The Morgan fingerprint density at radius 1 is 1.31 bits per heavy atom. The SMILES string of the molecule is C=C1C=CC(C2(C)CCCC2(C)C)CC1O. The second kappa shape index (κ2) is 3.73. The van der Waals surface area contributed by atoms with Crippen molar-refractivity contribution in [3.63, 3.8) is 0 Å². The lowest BCUT2D eigenvalue weighted by Gasteiger charge is -2.45. The molecule has 90 valence electrons. The molecule has 16 heavy (non-hydrogen) atoms. The van der Waals surface area contributed by atoms with E-state index in [1.807, 2.05) is 6.08 Å². The standard InChI is InChI=1S/C15H24O/c1-11-6-7-12(10-13(11)16)15(4)9-5-8-14(15,2)3/h6-7,12-13,16H,1,5,8-10H2,2-4H3. The Morgan fingerprint density at radius 2 is 2.00 bits per heavy atom. The lowest BCUT2D eigenvalue weighted by Crippen LogP contribution is -2.39. The summed E-state index contributed by atoms with van der Waals surface area (Å²) in [5.74, 6) is 0.505. The average Bonchev–Trinajstić information content (AvgIpc) is 2.47. The van der Waals surface area contributed by atoms with E-state index in [1.165, 1.54) is 19.3 Å². The Labute approximate surface area is 99.3 Å². The summed E-state index contributed by atoms with van der Waals surface area (Å²) < 4.78 is 0. The summed E-state index contributed by atoms with van der Waals surface area (Å²) in [5.41, 5.74) is 1.60. The van der Waals surface area contributed by atoms with Gasteiger partial charge in [0.15, 0.2) is 0 Å². The van der Waals surface area contributed by atoms with Gasteiger partial charge in [-0.15, -0.1) is 0 Å². The highest BCUT2D eigenvalue weighted by Crippen LogP contribution is 2.58. The fourth-order valence-electron chi connectivity index (χ4n) is 3.50. The molecule has 3 atom stereocenters. The molecule has 0 heterocycles. The quantitative estimate of drug-likeness (QED) is 0.714. The van der Waals surface area contributed by atoms with E-state index in [9.17, 15) is 5.11 Å². The van der Waals surface area contributed by atoms with Gasteiger partial charge in [0, 0.05) is 0 Å². The molecule has 1 nitrogen and oxygen atoms in total. The van der Waals surface area contributed by atoms with E-state index in [-0.39, 0.29) is 6.10 Å². The van der Waals surface area contributed by atoms with Crippen LogP contribution in [0.2, 0.25) is 0 Å². The molecule has 0 saturated heterocycles. The largest absolute Gasteiger partial charge is 0.388 e. The smallest absolute Gasteiger partial charge is 0.0790 e. The zero-order valence-corrected chi connectivity index (χ0v) is 10.8. The molecule has 0 radical (unpaired) electrons. The Hall–Kier alpha value is -0.560. The van der Waals surface area contributed by atoms with Crippen LogP contribution in [0.5, 0.6) is 0 Å². The molecule has 3 unspecified atom stereocenters. The van der Waals surface area contributed by atoms with E-state index in [0.29, 0.717) is 16.7 Å². The lowest BCUT2D eigenvalue weighted by molar-refractivity contribution is 0.0473. The third-order valence-corrected chi connectivity index (χ3v) is 5.31. The van der Waals surface area contributed by atoms with Gasteiger partial charge in [-0.3, -0.25) is 0 Å². The first-order valence-corrected chi connectivity index (χ1v) is 6.42. The van der Waals surface area contributed by atoms with Crippen molar-refractivity contribution in [2.24, 2.45) is 16.7 Å². The van der Waals surface area contributed by atoms with E-state index in [1.54, 1.807) is 0 Å². The second-order valence-electron chi connectivity index (χ2n) is 6.45. The molecule has 0 spiro atoms. The van der Waals surface area contributed by atoms with E-state index >= 15 is 0 Å². The fourth-order valence-corrected chi connectivity index (χ4v) is 3.50. The minimum absolute atomic E-state index is 0.330. The Bertz CT molecular complexity index is 326. The van der Waals surface area contributed by atoms with E-state index < -0.39 is 0 Å². The van der Waals surface area contributed by atoms with Gasteiger partial charge in [-0.2, -0.15) is 0 Å². The van der Waals surface area contributed by atoms with Gasteiger partial charge in [0.05, 0.1) is 6.10 Å². The van der Waals surface area contributed by atoms with Gasteiger partial charge in [0.2, 0.25) is 0 Å². The average molecular weight is 220 g/mol. The van der Waals surface area contributed by atoms with Crippen molar-refractivity contribution in [3.05, 3.63) is 24.3 Å². The van der Waals surface area contributed by atoms with Gasteiger partial charge in [0.25, 0.3) is 0 Å². The van der Waals surface area contributed by atoms with Crippen molar-refractivity contribution in [2.75, 3.05) is 0 Å². The monoisotopic (exact) mass is 220 g/mol. The van der Waals surface area contributed by atoms with Crippen molar-refractivity contribution in [3.8, 4) is 0 Å². The van der Waals surface area contributed by atoms with Crippen LogP contribution < -0.4 is 0 Å². The molecule has 0 aliphatic heterocycles. The predicted molar refractivity (Wildman–Crippen MR) is 68.1 cm³/mol. The Morgan fingerprint density at radius 3 is 2.50 bits per heavy atom. The second-order valence-corrected chi connectivity index (χ2v) is 6.45. The van der Waals surface area contributed by atoms with Crippen LogP contribution >= 0.6 is 0 Å². The summed E-state index contributed by atoms with van der Waals surface area (Å²) in [6.45, 7) is 11.0. The molecule has 2 aliphatic rings. The molecule has 0 aromatic rings. The van der Waals surface area contributed by atoms with Crippen LogP contribution in [0.3, 0.4) is 0 Å². The van der Waals surface area contributed by atoms with Crippen molar-refractivity contribution in [1.29, 1.82) is 0 Å². The molecular formula is C15H24O. The van der Waals surface area contributed by atoms with E-state index in [0.717, 1.165) is 12.0 Å². The first-order chi connectivity index (χ1) is 7.37. The zero-order valence-electron chi connectivity index (χ0n) is 10.8. The topological polar surface area (TPSA) is 20.2 Å². The molecule has 1 heteroatoms. The maximum absolute atomic E-state index is 9.94. The third kappa shape index (κ3) is 1.66. The molecule has 1 fully saturated rings. The Balaban J connectivity index is 2.25. The fraction of sp³-hybridized carbons (Fsp3) is 0.733. The number of rotatable bonds is 1. The molecular weight excluding hydrogens is 196 g/mol. The number of hydrogen-bond donors (Lipinski definition) is 1. The molecule has 0 amide bonds. The summed E-state index contributed by atoms with van der Waals surface area (Å²) in [5, 5.41) is 9.94. The number of allylic oxidation sites excluding steroid dienone is 1. The maximum Gasteiger partial charge on any atom is 0.0790 e. The highest BCUT2D eigenvalue weighted by Gasteiger charge is 2.49. The van der Waals surface area contributed by atoms with Crippen LogP contribution in [0.4, 0.5) is 0 Å². The minimum Gasteiger partial charge on any atom is -0.388 e. The molecule has 1 saturated carbocycles. The lowest BCUT2D eigenvalue weighted by atomic mass is 9.59. The van der Waals surface area contributed by atoms with Crippen LogP contribution in [0, 0.1) is 16.7 Å². The van der Waals surface area contributed by atoms with Gasteiger partial charge < -0.3 is 5.11 Å². The molecule has 2 aliphatic carbocycles. The summed E-state index contributed by atoms with van der Waals surface area (Å²) in [6.07, 6.45) is 8.75. The minimum atomic E-state index is -0.330. The van der Waals surface area contributed by atoms with Crippen LogP contribution in [0.15, 0.2) is 24.3 Å². The molecule has 2 rings (SSSR count). The first kappa shape index (κ1) is 11.9. The van der Waals surface area contributed by atoms with Crippen molar-refractivity contribution >= 4 is 0 Å². The molecule has 0 bridgehead atoms. The first-order valence-electron chi connectivity index (χ1n) is 6.42. The van der Waals surface area contributed by atoms with E-state index in [2.05, 4.69) is 33.4 Å². The summed E-state index contributed by atoms with van der Waals surface area (Å²) in [6, 6.07) is 0. The van der Waals surface area contributed by atoms with Crippen molar-refractivity contribution in [2.45, 2.75) is 52.6 Å². The molecule has 0 aromatic heterocycles. The normalized spacial score (nSPS) is 42.6. The number of aliphatic hydroxyl groups is 1. The Kier molecular flexibility index (Phi) is 2.78. The maximum atomic E-state index is 9.94. The summed E-state index contributed by atoms with van der Waals surface area (Å²) in [4.78, 5) is 0. The third-order valence-electron chi connectivity index (χ3n) is 5.31. The highest BCUT2D eigenvalue weighted by molar-refractivity contribution is 5.25. The van der Waals surface area contributed by atoms with Crippen LogP contribution in [-0.2, 0) is 0 Å². The predicted octanol–water partition coefficient (Wildman–Crippen LogP) is 3.70. The molecule has 1 N–H and O–H groups in total. The van der Waals surface area contributed by atoms with Crippen molar-refractivity contribution in [1.82, 2.24) is 0 Å².